The minimum absolute atomic E-state index is 0.822. The van der Waals surface area contributed by atoms with Gasteiger partial charge in [0.05, 0.1) is 0 Å². The van der Waals surface area contributed by atoms with E-state index in [1.807, 2.05) is 0 Å². The summed E-state index contributed by atoms with van der Waals surface area (Å²) in [5.41, 5.74) is 0. The molecule has 0 aliphatic rings. The fourth-order valence-corrected chi connectivity index (χ4v) is 0. The number of hydrogen-bond donors (Lipinski definition) is 0. The Bertz CT molecular complexity index is 55.0. The zero-order valence-corrected chi connectivity index (χ0v) is 7.21. The molecule has 0 fully saturated rings. The summed E-state index contributed by atoms with van der Waals surface area (Å²) in [6.45, 7) is 5.97. The third-order valence-corrected chi connectivity index (χ3v) is 5.12. The summed E-state index contributed by atoms with van der Waals surface area (Å²) < 4.78 is 1.45. The Morgan fingerprint density at radius 2 is 1.67 bits per heavy atom. The van der Waals surface area contributed by atoms with Crippen LogP contribution in [0.3, 0.4) is 0 Å². The number of rotatable bonds is 1. The van der Waals surface area contributed by atoms with Crippen molar-refractivity contribution in [2.24, 2.45) is 0 Å². The summed E-state index contributed by atoms with van der Waals surface area (Å²) in [5.74, 6) is 4.66. The Kier molecular flexibility index (Phi) is 2.57. The second-order valence-electron chi connectivity index (χ2n) is 2.00. The van der Waals surface area contributed by atoms with E-state index >= 15 is 0 Å². The molecule has 0 spiro atoms. The monoisotopic (exact) mass is 146 g/mol. The predicted molar refractivity (Wildman–Crippen MR) is 33.7 cm³/mol. The zero-order valence-electron chi connectivity index (χ0n) is 4.78. The summed E-state index contributed by atoms with van der Waals surface area (Å²) in [6, 6.07) is 0. The first kappa shape index (κ1) is 6.28. The van der Waals surface area contributed by atoms with Gasteiger partial charge < -0.3 is 0 Å². The standard InChI is InChI=1S/C5H12Ge/c1-5(2)6(3)4/h6H,1H2,2-4H3. The normalized spacial score (nSPS) is 9.33. The van der Waals surface area contributed by atoms with E-state index in [0.29, 0.717) is 0 Å². The van der Waals surface area contributed by atoms with Crippen molar-refractivity contribution in [1.82, 2.24) is 0 Å². The molecule has 0 N–H and O–H groups in total. The first-order valence-electron chi connectivity index (χ1n) is 2.30. The molecule has 36 valence electrons. The van der Waals surface area contributed by atoms with E-state index in [1.54, 1.807) is 0 Å². The van der Waals surface area contributed by atoms with Crippen LogP contribution in [-0.2, 0) is 0 Å². The van der Waals surface area contributed by atoms with Crippen LogP contribution >= 0.6 is 0 Å². The molecule has 1 heteroatoms. The molecule has 0 saturated heterocycles. The molecule has 0 aromatic rings. The first-order chi connectivity index (χ1) is 2.64. The third kappa shape index (κ3) is 2.52. The fourth-order valence-electron chi connectivity index (χ4n) is 0. The van der Waals surface area contributed by atoms with Crippen LogP contribution in [0.4, 0.5) is 0 Å². The van der Waals surface area contributed by atoms with Gasteiger partial charge in [0.25, 0.3) is 0 Å². The zero-order chi connectivity index (χ0) is 5.15. The van der Waals surface area contributed by atoms with Crippen LogP contribution in [0.5, 0.6) is 0 Å². The molecular formula is C5H12Ge. The SMILES string of the molecule is C=[C](C)[GeH]([CH3])[CH3]. The van der Waals surface area contributed by atoms with Gasteiger partial charge in [-0.15, -0.1) is 0 Å². The van der Waals surface area contributed by atoms with Crippen molar-refractivity contribution in [3.8, 4) is 0 Å². The fraction of sp³-hybridized carbons (Fsp3) is 0.600. The predicted octanol–water partition coefficient (Wildman–Crippen LogP) is 1.59. The Hall–Kier alpha value is 0.283. The van der Waals surface area contributed by atoms with Crippen molar-refractivity contribution < 1.29 is 0 Å². The molecule has 0 nitrogen and oxygen atoms in total. The summed E-state index contributed by atoms with van der Waals surface area (Å²) in [4.78, 5) is 0. The Balaban J connectivity index is 3.26. The van der Waals surface area contributed by atoms with E-state index in [2.05, 4.69) is 25.0 Å². The first-order valence-corrected chi connectivity index (χ1v) is 8.35. The van der Waals surface area contributed by atoms with Gasteiger partial charge >= 0.3 is 43.8 Å². The Labute approximate surface area is 44.4 Å². The van der Waals surface area contributed by atoms with Crippen molar-refractivity contribution in [3.63, 3.8) is 0 Å². The average molecular weight is 145 g/mol. The summed E-state index contributed by atoms with van der Waals surface area (Å²) in [6.07, 6.45) is 0. The molecule has 0 aliphatic heterocycles. The molecule has 0 rings (SSSR count). The van der Waals surface area contributed by atoms with Gasteiger partial charge in [-0.25, -0.2) is 0 Å². The van der Waals surface area contributed by atoms with Crippen molar-refractivity contribution in [1.29, 1.82) is 0 Å². The topological polar surface area (TPSA) is 0 Å². The molecule has 0 amide bonds. The van der Waals surface area contributed by atoms with E-state index in [0.717, 1.165) is 0 Å². The van der Waals surface area contributed by atoms with Crippen LogP contribution in [-0.4, -0.2) is 14.3 Å². The second-order valence-corrected chi connectivity index (χ2v) is 8.91. The van der Waals surface area contributed by atoms with Crippen LogP contribution in [0.15, 0.2) is 11.0 Å². The third-order valence-electron chi connectivity index (χ3n) is 0.986. The summed E-state index contributed by atoms with van der Waals surface area (Å²) >= 11 is -0.822. The van der Waals surface area contributed by atoms with Crippen molar-refractivity contribution in [2.45, 2.75) is 18.4 Å². The number of hydrogen-bond acceptors (Lipinski definition) is 0. The van der Waals surface area contributed by atoms with Gasteiger partial charge in [-0.3, -0.25) is 0 Å². The van der Waals surface area contributed by atoms with Gasteiger partial charge in [0.1, 0.15) is 0 Å². The maximum atomic E-state index is 3.84. The van der Waals surface area contributed by atoms with Crippen molar-refractivity contribution in [2.75, 3.05) is 0 Å². The van der Waals surface area contributed by atoms with E-state index in [1.165, 1.54) is 4.41 Å². The van der Waals surface area contributed by atoms with Gasteiger partial charge in [-0.1, -0.05) is 0 Å². The van der Waals surface area contributed by atoms with Gasteiger partial charge in [0, 0.05) is 0 Å². The van der Waals surface area contributed by atoms with Gasteiger partial charge in [0.2, 0.25) is 0 Å². The number of allylic oxidation sites excluding steroid dienone is 1. The molecule has 0 aromatic heterocycles. The molecule has 0 saturated carbocycles. The molecular weight excluding hydrogens is 133 g/mol. The van der Waals surface area contributed by atoms with E-state index in [-0.39, 0.29) is 0 Å². The van der Waals surface area contributed by atoms with Crippen molar-refractivity contribution >= 4 is 14.3 Å². The molecule has 0 bridgehead atoms. The van der Waals surface area contributed by atoms with Crippen LogP contribution in [0.25, 0.3) is 0 Å². The van der Waals surface area contributed by atoms with Gasteiger partial charge in [0.15, 0.2) is 0 Å². The van der Waals surface area contributed by atoms with Crippen LogP contribution in [0.1, 0.15) is 6.92 Å². The van der Waals surface area contributed by atoms with Gasteiger partial charge in [-0.05, 0) is 0 Å². The molecule has 0 atom stereocenters. The van der Waals surface area contributed by atoms with Crippen LogP contribution in [0.2, 0.25) is 11.5 Å². The van der Waals surface area contributed by atoms with Crippen LogP contribution < -0.4 is 0 Å². The molecule has 0 aromatic carbocycles. The quantitative estimate of drug-likeness (QED) is 0.491. The maximum absolute atomic E-state index is 3.84. The van der Waals surface area contributed by atoms with E-state index < -0.39 is 14.3 Å². The van der Waals surface area contributed by atoms with Crippen LogP contribution in [0, 0.1) is 0 Å². The average Bonchev–Trinajstić information content (AvgIpc) is 1.36. The van der Waals surface area contributed by atoms with Crippen molar-refractivity contribution in [3.05, 3.63) is 11.0 Å². The minimum atomic E-state index is -0.822. The van der Waals surface area contributed by atoms with E-state index in [4.69, 9.17) is 0 Å². The van der Waals surface area contributed by atoms with E-state index in [9.17, 15) is 0 Å². The molecule has 6 heavy (non-hydrogen) atoms. The van der Waals surface area contributed by atoms with Gasteiger partial charge in [-0.2, -0.15) is 0 Å². The molecule has 0 heterocycles. The summed E-state index contributed by atoms with van der Waals surface area (Å²) in [7, 11) is 0. The molecule has 0 aliphatic carbocycles. The Morgan fingerprint density at radius 3 is 1.67 bits per heavy atom. The molecule has 0 unspecified atom stereocenters. The second kappa shape index (κ2) is 2.45. The molecule has 0 radical (unpaired) electrons. The summed E-state index contributed by atoms with van der Waals surface area (Å²) in [5, 5.41) is 0. The Morgan fingerprint density at radius 1 is 1.50 bits per heavy atom.